The van der Waals surface area contributed by atoms with Crippen LogP contribution < -0.4 is 24.6 Å². The highest BCUT2D eigenvalue weighted by Crippen LogP contribution is 2.37. The zero-order valence-corrected chi connectivity index (χ0v) is 20.0. The summed E-state index contributed by atoms with van der Waals surface area (Å²) >= 11 is 0. The van der Waals surface area contributed by atoms with Gasteiger partial charge in [0, 0.05) is 5.19 Å². The van der Waals surface area contributed by atoms with Gasteiger partial charge in [0.15, 0.2) is 0 Å². The molecule has 1 heterocycles. The average Bonchev–Trinajstić information content (AvgIpc) is 3.27. The SMILES string of the molecule is Oc1cccc(Pc2ccccc2)c1.c1ccc([SiH]2Oc3cc4ccccc4cc3O2)cc1. The van der Waals surface area contributed by atoms with Gasteiger partial charge in [-0.25, -0.2) is 0 Å². The summed E-state index contributed by atoms with van der Waals surface area (Å²) in [4.78, 5) is 0. The maximum atomic E-state index is 9.30. The van der Waals surface area contributed by atoms with Crippen molar-refractivity contribution in [2.75, 3.05) is 0 Å². The van der Waals surface area contributed by atoms with Gasteiger partial charge >= 0.3 is 9.28 Å². The van der Waals surface area contributed by atoms with Crippen LogP contribution in [-0.2, 0) is 0 Å². The molecule has 1 unspecified atom stereocenters. The van der Waals surface area contributed by atoms with Crippen molar-refractivity contribution in [2.24, 2.45) is 0 Å². The van der Waals surface area contributed by atoms with Gasteiger partial charge in [0.05, 0.1) is 0 Å². The van der Waals surface area contributed by atoms with E-state index in [1.165, 1.54) is 21.3 Å². The predicted molar refractivity (Wildman–Crippen MR) is 141 cm³/mol. The van der Waals surface area contributed by atoms with Crippen LogP contribution in [0, 0.1) is 0 Å². The second kappa shape index (κ2) is 9.91. The van der Waals surface area contributed by atoms with Gasteiger partial charge in [0.2, 0.25) is 0 Å². The highest BCUT2D eigenvalue weighted by molar-refractivity contribution is 7.55. The van der Waals surface area contributed by atoms with Crippen LogP contribution in [0.25, 0.3) is 10.8 Å². The molecule has 33 heavy (non-hydrogen) atoms. The molecule has 5 aromatic carbocycles. The summed E-state index contributed by atoms with van der Waals surface area (Å²) < 4.78 is 12.0. The zero-order chi connectivity index (χ0) is 22.5. The van der Waals surface area contributed by atoms with Crippen molar-refractivity contribution < 1.29 is 14.0 Å². The fourth-order valence-corrected chi connectivity index (χ4v) is 6.43. The van der Waals surface area contributed by atoms with E-state index in [1.54, 1.807) is 6.07 Å². The normalized spacial score (nSPS) is 12.6. The standard InChI is InChI=1S/C16H12O2Si.C12H11OP/c1-2-8-14(9-3-1)19-17-15-10-12-6-4-5-7-13(12)11-16(15)18-19;13-10-5-4-8-12(9-10)14-11-6-2-1-3-7-11/h1-11,19H;1-9,13-14H. The van der Waals surface area contributed by atoms with E-state index in [0.29, 0.717) is 14.3 Å². The fraction of sp³-hybridized carbons (Fsp3) is 0. The van der Waals surface area contributed by atoms with Gasteiger partial charge in [-0.3, -0.25) is 0 Å². The number of rotatable bonds is 3. The third-order valence-electron chi connectivity index (χ3n) is 5.26. The zero-order valence-electron chi connectivity index (χ0n) is 17.9. The van der Waals surface area contributed by atoms with Crippen LogP contribution in [0.4, 0.5) is 0 Å². The van der Waals surface area contributed by atoms with E-state index in [9.17, 15) is 5.11 Å². The Kier molecular flexibility index (Phi) is 6.38. The van der Waals surface area contributed by atoms with E-state index >= 15 is 0 Å². The second-order valence-corrected chi connectivity index (χ2v) is 10.9. The van der Waals surface area contributed by atoms with Crippen LogP contribution in [0.2, 0.25) is 0 Å². The quantitative estimate of drug-likeness (QED) is 0.308. The van der Waals surface area contributed by atoms with Crippen molar-refractivity contribution in [3.8, 4) is 17.2 Å². The molecule has 1 N–H and O–H groups in total. The summed E-state index contributed by atoms with van der Waals surface area (Å²) in [6.45, 7) is 0. The largest absolute Gasteiger partial charge is 0.508 e. The van der Waals surface area contributed by atoms with E-state index in [1.807, 2.05) is 66.7 Å². The molecule has 0 aliphatic carbocycles. The Morgan fingerprint density at radius 3 is 1.70 bits per heavy atom. The first-order valence-corrected chi connectivity index (χ1v) is 13.3. The topological polar surface area (TPSA) is 38.7 Å². The first-order valence-electron chi connectivity index (χ1n) is 10.8. The van der Waals surface area contributed by atoms with E-state index in [-0.39, 0.29) is 0 Å². The molecular formula is C28H23O3PSi. The highest BCUT2D eigenvalue weighted by Gasteiger charge is 2.29. The minimum atomic E-state index is -1.82. The summed E-state index contributed by atoms with van der Waals surface area (Å²) in [5, 5.41) is 15.3. The summed E-state index contributed by atoms with van der Waals surface area (Å²) in [6, 6.07) is 40.3. The third-order valence-corrected chi connectivity index (χ3v) is 8.35. The summed E-state index contributed by atoms with van der Waals surface area (Å²) in [5.74, 6) is 2.09. The molecule has 0 radical (unpaired) electrons. The summed E-state index contributed by atoms with van der Waals surface area (Å²) in [7, 11) is -1.20. The van der Waals surface area contributed by atoms with Gasteiger partial charge in [-0.1, -0.05) is 106 Å². The molecule has 162 valence electrons. The van der Waals surface area contributed by atoms with E-state index in [0.717, 1.165) is 16.8 Å². The van der Waals surface area contributed by atoms with Crippen molar-refractivity contribution in [2.45, 2.75) is 0 Å². The maximum Gasteiger partial charge on any atom is 0.479 e. The van der Waals surface area contributed by atoms with E-state index in [4.69, 9.17) is 8.85 Å². The molecule has 0 saturated heterocycles. The lowest BCUT2D eigenvalue weighted by Gasteiger charge is -2.06. The van der Waals surface area contributed by atoms with Gasteiger partial charge < -0.3 is 14.0 Å². The van der Waals surface area contributed by atoms with E-state index < -0.39 is 9.28 Å². The van der Waals surface area contributed by atoms with Gasteiger partial charge in [-0.15, -0.1) is 0 Å². The molecule has 5 aromatic rings. The molecule has 1 aliphatic rings. The van der Waals surface area contributed by atoms with Crippen LogP contribution in [0.5, 0.6) is 17.2 Å². The monoisotopic (exact) mass is 466 g/mol. The lowest BCUT2D eigenvalue weighted by Crippen LogP contribution is -2.38. The van der Waals surface area contributed by atoms with Crippen LogP contribution >= 0.6 is 8.58 Å². The Morgan fingerprint density at radius 2 is 1.09 bits per heavy atom. The van der Waals surface area contributed by atoms with Gasteiger partial charge in [0.25, 0.3) is 0 Å². The molecule has 0 spiro atoms. The fourth-order valence-electron chi connectivity index (χ4n) is 3.66. The highest BCUT2D eigenvalue weighted by atomic mass is 31.1. The summed E-state index contributed by atoms with van der Waals surface area (Å²) in [6.07, 6.45) is 0. The minimum absolute atomic E-state index is 0.339. The molecule has 6 rings (SSSR count). The van der Waals surface area contributed by atoms with Crippen molar-refractivity contribution in [3.05, 3.63) is 121 Å². The smallest absolute Gasteiger partial charge is 0.479 e. The Bertz CT molecular complexity index is 1320. The van der Waals surface area contributed by atoms with Crippen molar-refractivity contribution in [3.63, 3.8) is 0 Å². The number of fused-ring (bicyclic) bond motifs is 2. The van der Waals surface area contributed by atoms with Crippen LogP contribution in [0.1, 0.15) is 0 Å². The number of phenols is 1. The molecule has 0 aromatic heterocycles. The van der Waals surface area contributed by atoms with Crippen LogP contribution in [0.3, 0.4) is 0 Å². The second-order valence-electron chi connectivity index (χ2n) is 7.67. The number of aromatic hydroxyl groups is 1. The molecule has 0 bridgehead atoms. The molecule has 0 amide bonds. The maximum absolute atomic E-state index is 9.30. The minimum Gasteiger partial charge on any atom is -0.508 e. The first kappa shape index (κ1) is 21.3. The number of hydrogen-bond donors (Lipinski definition) is 1. The molecule has 1 atom stereocenters. The third kappa shape index (κ3) is 5.25. The van der Waals surface area contributed by atoms with Crippen molar-refractivity contribution in [1.29, 1.82) is 0 Å². The Labute approximate surface area is 196 Å². The number of benzene rings is 5. The van der Waals surface area contributed by atoms with Gasteiger partial charge in [-0.2, -0.15) is 0 Å². The Hall–Kier alpha value is -3.59. The van der Waals surface area contributed by atoms with Gasteiger partial charge in [0.1, 0.15) is 17.2 Å². The van der Waals surface area contributed by atoms with Crippen molar-refractivity contribution in [1.82, 2.24) is 0 Å². The summed E-state index contributed by atoms with van der Waals surface area (Å²) in [5.41, 5.74) is 0. The number of hydrogen-bond acceptors (Lipinski definition) is 3. The van der Waals surface area contributed by atoms with Gasteiger partial charge in [-0.05, 0) is 45.6 Å². The predicted octanol–water partition coefficient (Wildman–Crippen LogP) is 4.76. The number of phenolic OH excluding ortho intramolecular Hbond substituents is 1. The Morgan fingerprint density at radius 1 is 0.545 bits per heavy atom. The first-order chi connectivity index (χ1) is 16.2. The molecular weight excluding hydrogens is 443 g/mol. The van der Waals surface area contributed by atoms with Crippen molar-refractivity contribution >= 4 is 44.4 Å². The average molecular weight is 467 g/mol. The molecule has 0 saturated carbocycles. The Balaban J connectivity index is 0.000000146. The lowest BCUT2D eigenvalue weighted by molar-refractivity contribution is 0.476. The molecule has 0 fully saturated rings. The molecule has 3 nitrogen and oxygen atoms in total. The van der Waals surface area contributed by atoms with Crippen LogP contribution in [0.15, 0.2) is 121 Å². The lowest BCUT2D eigenvalue weighted by atomic mass is 10.1. The van der Waals surface area contributed by atoms with E-state index in [2.05, 4.69) is 48.5 Å². The van der Waals surface area contributed by atoms with Crippen LogP contribution in [-0.4, -0.2) is 14.4 Å². The molecule has 5 heteroatoms. The molecule has 1 aliphatic heterocycles.